The van der Waals surface area contributed by atoms with Gasteiger partial charge in [0, 0.05) is 11.5 Å². The van der Waals surface area contributed by atoms with Gasteiger partial charge >= 0.3 is 0 Å². The SMILES string of the molecule is CC1(C)CCC[C@]2(C)[C@@H]1CC[C@@]13C[C@@H](CC[C@H]12)C1(C3)SCCS1. The highest BCUT2D eigenvalue weighted by molar-refractivity contribution is 8.21. The molecule has 5 rings (SSSR count). The van der Waals surface area contributed by atoms with E-state index >= 15 is 0 Å². The molecule has 1 aliphatic heterocycles. The minimum atomic E-state index is 0.596. The van der Waals surface area contributed by atoms with Gasteiger partial charge in [0.05, 0.1) is 4.08 Å². The second-order valence-electron chi connectivity index (χ2n) is 10.5. The van der Waals surface area contributed by atoms with Gasteiger partial charge in [-0.1, -0.05) is 27.2 Å². The van der Waals surface area contributed by atoms with E-state index in [9.17, 15) is 0 Å². The van der Waals surface area contributed by atoms with Crippen LogP contribution in [0.2, 0.25) is 0 Å². The Bertz CT molecular complexity index is 506. The highest BCUT2D eigenvalue weighted by atomic mass is 32.2. The van der Waals surface area contributed by atoms with Crippen LogP contribution < -0.4 is 0 Å². The van der Waals surface area contributed by atoms with Crippen LogP contribution in [0.15, 0.2) is 0 Å². The molecule has 5 atom stereocenters. The molecule has 2 bridgehead atoms. The molecule has 5 aliphatic rings. The summed E-state index contributed by atoms with van der Waals surface area (Å²) in [5, 5.41) is 0. The Labute approximate surface area is 151 Å². The average molecular weight is 351 g/mol. The van der Waals surface area contributed by atoms with Crippen LogP contribution in [-0.4, -0.2) is 15.6 Å². The van der Waals surface area contributed by atoms with Gasteiger partial charge < -0.3 is 0 Å². The summed E-state index contributed by atoms with van der Waals surface area (Å²) in [6, 6.07) is 0. The molecule has 0 aromatic rings. The first-order valence-electron chi connectivity index (χ1n) is 10.2. The Kier molecular flexibility index (Phi) is 3.39. The highest BCUT2D eigenvalue weighted by Gasteiger charge is 2.67. The summed E-state index contributed by atoms with van der Waals surface area (Å²) in [5.74, 6) is 5.94. The van der Waals surface area contributed by atoms with Crippen LogP contribution in [0.5, 0.6) is 0 Å². The van der Waals surface area contributed by atoms with Gasteiger partial charge in [-0.25, -0.2) is 0 Å². The number of rotatable bonds is 0. The quantitative estimate of drug-likeness (QED) is 0.483. The van der Waals surface area contributed by atoms with Gasteiger partial charge in [0.25, 0.3) is 0 Å². The van der Waals surface area contributed by atoms with Crippen molar-refractivity contribution < 1.29 is 0 Å². The number of hydrogen-bond acceptors (Lipinski definition) is 2. The van der Waals surface area contributed by atoms with Crippen LogP contribution in [0.4, 0.5) is 0 Å². The molecule has 1 saturated heterocycles. The van der Waals surface area contributed by atoms with Crippen LogP contribution in [-0.2, 0) is 0 Å². The zero-order chi connectivity index (χ0) is 15.9. The number of hydrogen-bond donors (Lipinski definition) is 0. The third-order valence-electron chi connectivity index (χ3n) is 9.20. The van der Waals surface area contributed by atoms with Gasteiger partial charge in [-0.3, -0.25) is 0 Å². The number of fused-ring (bicyclic) bond motifs is 4. The Morgan fingerprint density at radius 2 is 1.61 bits per heavy atom. The Balaban J connectivity index is 1.52. The molecule has 130 valence electrons. The minimum absolute atomic E-state index is 0.596. The van der Waals surface area contributed by atoms with E-state index in [4.69, 9.17) is 0 Å². The Hall–Kier alpha value is 0.700. The molecule has 0 aromatic carbocycles. The van der Waals surface area contributed by atoms with Crippen molar-refractivity contribution in [2.45, 2.75) is 82.6 Å². The van der Waals surface area contributed by atoms with E-state index < -0.39 is 0 Å². The first-order valence-corrected chi connectivity index (χ1v) is 12.2. The smallest absolute Gasteiger partial charge is 0.0645 e. The summed E-state index contributed by atoms with van der Waals surface area (Å²) in [4.78, 5) is 0. The van der Waals surface area contributed by atoms with E-state index in [0.29, 0.717) is 14.9 Å². The Morgan fingerprint density at radius 3 is 2.39 bits per heavy atom. The van der Waals surface area contributed by atoms with E-state index in [0.717, 1.165) is 23.2 Å². The monoisotopic (exact) mass is 350 g/mol. The second-order valence-corrected chi connectivity index (χ2v) is 13.6. The maximum Gasteiger partial charge on any atom is 0.0645 e. The van der Waals surface area contributed by atoms with Gasteiger partial charge in [0.2, 0.25) is 0 Å². The Morgan fingerprint density at radius 1 is 0.826 bits per heavy atom. The van der Waals surface area contributed by atoms with Crippen LogP contribution in [0.1, 0.15) is 78.6 Å². The summed E-state index contributed by atoms with van der Waals surface area (Å²) in [5.41, 5.74) is 2.00. The van der Waals surface area contributed by atoms with Crippen molar-refractivity contribution >= 4 is 23.5 Å². The van der Waals surface area contributed by atoms with Gasteiger partial charge in [-0.05, 0) is 85.4 Å². The van der Waals surface area contributed by atoms with E-state index in [1.807, 2.05) is 0 Å². The molecule has 0 aromatic heterocycles. The van der Waals surface area contributed by atoms with Crippen molar-refractivity contribution in [3.8, 4) is 0 Å². The normalized spacial score (nSPS) is 53.1. The predicted molar refractivity (Wildman–Crippen MR) is 104 cm³/mol. The van der Waals surface area contributed by atoms with E-state index in [1.165, 1.54) is 37.2 Å². The van der Waals surface area contributed by atoms with Crippen LogP contribution in [0.25, 0.3) is 0 Å². The summed E-state index contributed by atoms with van der Waals surface area (Å²) in [6.45, 7) is 7.93. The van der Waals surface area contributed by atoms with Crippen molar-refractivity contribution in [2.24, 2.45) is 34.0 Å². The van der Waals surface area contributed by atoms with E-state index in [2.05, 4.69) is 44.3 Å². The van der Waals surface area contributed by atoms with E-state index in [-0.39, 0.29) is 0 Å². The van der Waals surface area contributed by atoms with Gasteiger partial charge in [-0.2, -0.15) is 0 Å². The van der Waals surface area contributed by atoms with Crippen molar-refractivity contribution in [1.29, 1.82) is 0 Å². The van der Waals surface area contributed by atoms with E-state index in [1.54, 1.807) is 32.1 Å². The lowest BCUT2D eigenvalue weighted by atomic mass is 9.41. The lowest BCUT2D eigenvalue weighted by Gasteiger charge is -2.64. The molecule has 1 heterocycles. The van der Waals surface area contributed by atoms with Gasteiger partial charge in [0.1, 0.15) is 0 Å². The molecular weight excluding hydrogens is 316 g/mol. The molecule has 0 amide bonds. The number of thioether (sulfide) groups is 2. The fraction of sp³-hybridized carbons (Fsp3) is 1.00. The van der Waals surface area contributed by atoms with Crippen LogP contribution in [0.3, 0.4) is 0 Å². The van der Waals surface area contributed by atoms with Gasteiger partial charge in [0.15, 0.2) is 0 Å². The minimum Gasteiger partial charge on any atom is -0.143 e. The maximum absolute atomic E-state index is 2.74. The highest BCUT2D eigenvalue weighted by Crippen LogP contribution is 2.76. The lowest BCUT2D eigenvalue weighted by molar-refractivity contribution is -0.144. The lowest BCUT2D eigenvalue weighted by Crippen LogP contribution is -2.55. The molecule has 2 spiro atoms. The molecule has 0 nitrogen and oxygen atoms in total. The summed E-state index contributed by atoms with van der Waals surface area (Å²) in [6.07, 6.45) is 13.9. The van der Waals surface area contributed by atoms with Gasteiger partial charge in [-0.15, -0.1) is 23.5 Å². The molecule has 2 heteroatoms. The third kappa shape index (κ3) is 2.00. The van der Waals surface area contributed by atoms with Crippen molar-refractivity contribution in [2.75, 3.05) is 11.5 Å². The molecule has 23 heavy (non-hydrogen) atoms. The summed E-state index contributed by atoms with van der Waals surface area (Å²) < 4.78 is 0.655. The first-order chi connectivity index (χ1) is 10.9. The first kappa shape index (κ1) is 15.9. The van der Waals surface area contributed by atoms with Crippen LogP contribution >= 0.6 is 23.5 Å². The van der Waals surface area contributed by atoms with Crippen LogP contribution in [0, 0.1) is 34.0 Å². The fourth-order valence-corrected chi connectivity index (χ4v) is 12.4. The fourth-order valence-electron chi connectivity index (χ4n) is 8.55. The average Bonchev–Trinajstić information content (AvgIpc) is 3.02. The summed E-state index contributed by atoms with van der Waals surface area (Å²) >= 11 is 4.74. The van der Waals surface area contributed by atoms with Crippen molar-refractivity contribution in [3.05, 3.63) is 0 Å². The zero-order valence-corrected chi connectivity index (χ0v) is 17.0. The summed E-state index contributed by atoms with van der Waals surface area (Å²) in [7, 11) is 0. The maximum atomic E-state index is 2.74. The zero-order valence-electron chi connectivity index (χ0n) is 15.3. The van der Waals surface area contributed by atoms with Crippen molar-refractivity contribution in [1.82, 2.24) is 0 Å². The van der Waals surface area contributed by atoms with Crippen molar-refractivity contribution in [3.63, 3.8) is 0 Å². The molecule has 4 aliphatic carbocycles. The second kappa shape index (κ2) is 4.90. The molecular formula is C21H34S2. The molecule has 0 radical (unpaired) electrons. The predicted octanol–water partition coefficient (Wildman–Crippen LogP) is 6.60. The third-order valence-corrected chi connectivity index (χ3v) is 12.9. The largest absolute Gasteiger partial charge is 0.143 e. The molecule has 0 unspecified atom stereocenters. The molecule has 0 N–H and O–H groups in total. The topological polar surface area (TPSA) is 0 Å². The molecule has 4 saturated carbocycles. The standard InChI is InChI=1S/C21H34S2/c1-18(2)8-4-9-19(3)16(18)7-10-20-13-15(5-6-17(19)20)21(14-20)22-11-12-23-21/h15-17H,4-14H2,1-3H3/t15-,16-,17+,19-,20+/m1/s1. The molecule has 5 fully saturated rings.